The van der Waals surface area contributed by atoms with Crippen LogP contribution in [0.5, 0.6) is 0 Å². The normalized spacial score (nSPS) is 14.6. The molecular weight excluding hydrogens is 459 g/mol. The number of rotatable bonds is 8. The Bertz CT molecular complexity index is 1450. The second-order valence-corrected chi connectivity index (χ2v) is 9.55. The molecule has 8 nitrogen and oxygen atoms in total. The highest BCUT2D eigenvalue weighted by Gasteiger charge is 2.47. The third-order valence-electron chi connectivity index (χ3n) is 6.59. The number of carbonyl (C=O) groups excluding carboxylic acids is 1. The number of aromatic nitrogens is 5. The van der Waals surface area contributed by atoms with Crippen LogP contribution in [0.1, 0.15) is 50.4 Å². The summed E-state index contributed by atoms with van der Waals surface area (Å²) in [7, 11) is 0. The number of amides is 1. The van der Waals surface area contributed by atoms with Gasteiger partial charge in [-0.2, -0.15) is 5.10 Å². The maximum absolute atomic E-state index is 14.4. The van der Waals surface area contributed by atoms with E-state index in [1.165, 1.54) is 6.07 Å². The van der Waals surface area contributed by atoms with E-state index in [4.69, 9.17) is 19.8 Å². The standard InChI is InChI=1S/C27H29FN6O2/c1-5-6-14-36-16-33-25-21(27(3,4)26(33)35)17(2)30-23(31-25)22-19-11-9-13-29-24(19)34(32-22)15-18-10-7-8-12-20(18)28/h7-13H,5-6,14-16H2,1-4H3. The molecule has 0 atom stereocenters. The van der Waals surface area contributed by atoms with Gasteiger partial charge >= 0.3 is 0 Å². The molecule has 36 heavy (non-hydrogen) atoms. The summed E-state index contributed by atoms with van der Waals surface area (Å²) < 4.78 is 21.8. The zero-order valence-corrected chi connectivity index (χ0v) is 21.0. The molecular formula is C27H29FN6O2. The summed E-state index contributed by atoms with van der Waals surface area (Å²) in [6.45, 7) is 8.68. The first-order valence-corrected chi connectivity index (χ1v) is 12.2. The lowest BCUT2D eigenvalue weighted by Crippen LogP contribution is -2.37. The van der Waals surface area contributed by atoms with Crippen molar-refractivity contribution in [2.24, 2.45) is 0 Å². The largest absolute Gasteiger partial charge is 0.361 e. The number of hydrogen-bond donors (Lipinski definition) is 0. The molecule has 0 saturated carbocycles. The van der Waals surface area contributed by atoms with Crippen LogP contribution in [0.25, 0.3) is 22.6 Å². The molecule has 0 saturated heterocycles. The first kappa shape index (κ1) is 24.0. The van der Waals surface area contributed by atoms with Gasteiger partial charge in [0.2, 0.25) is 5.91 Å². The van der Waals surface area contributed by atoms with Gasteiger partial charge in [0.05, 0.1) is 17.3 Å². The molecule has 0 radical (unpaired) electrons. The van der Waals surface area contributed by atoms with Gasteiger partial charge < -0.3 is 4.74 Å². The maximum Gasteiger partial charge on any atom is 0.240 e. The fourth-order valence-electron chi connectivity index (χ4n) is 4.73. The van der Waals surface area contributed by atoms with E-state index in [9.17, 15) is 9.18 Å². The van der Waals surface area contributed by atoms with Gasteiger partial charge in [0.15, 0.2) is 11.5 Å². The van der Waals surface area contributed by atoms with Gasteiger partial charge in [0.25, 0.3) is 0 Å². The predicted molar refractivity (Wildman–Crippen MR) is 135 cm³/mol. The van der Waals surface area contributed by atoms with Crippen LogP contribution in [-0.2, 0) is 21.5 Å². The number of aryl methyl sites for hydroxylation is 1. The monoisotopic (exact) mass is 488 g/mol. The third-order valence-corrected chi connectivity index (χ3v) is 6.59. The van der Waals surface area contributed by atoms with E-state index in [-0.39, 0.29) is 25.0 Å². The summed E-state index contributed by atoms with van der Waals surface area (Å²) in [5.74, 6) is 0.563. The minimum absolute atomic E-state index is 0.0693. The molecule has 0 aliphatic carbocycles. The van der Waals surface area contributed by atoms with E-state index in [1.54, 1.807) is 34.0 Å². The number of benzene rings is 1. The van der Waals surface area contributed by atoms with Crippen molar-refractivity contribution in [3.05, 3.63) is 65.2 Å². The summed E-state index contributed by atoms with van der Waals surface area (Å²) in [5, 5.41) is 5.51. The molecule has 186 valence electrons. The highest BCUT2D eigenvalue weighted by Crippen LogP contribution is 2.43. The van der Waals surface area contributed by atoms with Crippen LogP contribution in [0.4, 0.5) is 10.2 Å². The lowest BCUT2D eigenvalue weighted by Gasteiger charge is -2.19. The van der Waals surface area contributed by atoms with Crippen LogP contribution in [-0.4, -0.2) is 44.0 Å². The molecule has 0 spiro atoms. The fourth-order valence-corrected chi connectivity index (χ4v) is 4.73. The molecule has 4 aromatic rings. The fraction of sp³-hybridized carbons (Fsp3) is 0.370. The minimum atomic E-state index is -0.764. The van der Waals surface area contributed by atoms with Crippen LogP contribution >= 0.6 is 0 Å². The smallest absolute Gasteiger partial charge is 0.240 e. The zero-order chi connectivity index (χ0) is 25.4. The molecule has 1 aliphatic heterocycles. The molecule has 0 fully saturated rings. The van der Waals surface area contributed by atoms with Crippen molar-refractivity contribution in [2.75, 3.05) is 18.2 Å². The van der Waals surface area contributed by atoms with Crippen molar-refractivity contribution in [2.45, 2.75) is 52.5 Å². The van der Waals surface area contributed by atoms with Gasteiger partial charge in [0, 0.05) is 29.6 Å². The van der Waals surface area contributed by atoms with Crippen molar-refractivity contribution in [1.29, 1.82) is 0 Å². The summed E-state index contributed by atoms with van der Waals surface area (Å²) in [5.41, 5.74) is 2.39. The summed E-state index contributed by atoms with van der Waals surface area (Å²) in [6, 6.07) is 10.3. The number of carbonyl (C=O) groups is 1. The van der Waals surface area contributed by atoms with Gasteiger partial charge in [-0.3, -0.25) is 9.69 Å². The van der Waals surface area contributed by atoms with E-state index >= 15 is 0 Å². The number of halogens is 1. The summed E-state index contributed by atoms with van der Waals surface area (Å²) in [4.78, 5) is 29.0. The number of nitrogens with zero attached hydrogens (tertiary/aromatic N) is 6. The molecule has 5 rings (SSSR count). The van der Waals surface area contributed by atoms with Crippen LogP contribution in [0.15, 0.2) is 42.6 Å². The molecule has 0 bridgehead atoms. The van der Waals surface area contributed by atoms with Gasteiger partial charge in [-0.1, -0.05) is 31.5 Å². The SMILES string of the molecule is CCCCOCN1C(=O)C(C)(C)c2c(C)nc(-c3nn(Cc4ccccc4F)c4ncccc34)nc21. The van der Waals surface area contributed by atoms with Crippen LogP contribution in [0.2, 0.25) is 0 Å². The molecule has 1 aromatic carbocycles. The third kappa shape index (κ3) is 4.03. The van der Waals surface area contributed by atoms with E-state index in [0.717, 1.165) is 23.8 Å². The van der Waals surface area contributed by atoms with Crippen molar-refractivity contribution in [1.82, 2.24) is 24.7 Å². The Balaban J connectivity index is 1.60. The van der Waals surface area contributed by atoms with Crippen molar-refractivity contribution in [3.8, 4) is 11.5 Å². The topological polar surface area (TPSA) is 86.0 Å². The average molecular weight is 489 g/mol. The van der Waals surface area contributed by atoms with E-state index in [1.807, 2.05) is 32.9 Å². The Labute approximate surface area is 209 Å². The molecule has 0 unspecified atom stereocenters. The molecule has 9 heteroatoms. The highest BCUT2D eigenvalue weighted by atomic mass is 19.1. The quantitative estimate of drug-likeness (QED) is 0.332. The number of anilines is 1. The van der Waals surface area contributed by atoms with Crippen LogP contribution in [0.3, 0.4) is 0 Å². The Kier molecular flexibility index (Phi) is 6.26. The lowest BCUT2D eigenvalue weighted by atomic mass is 9.86. The summed E-state index contributed by atoms with van der Waals surface area (Å²) in [6.07, 6.45) is 3.61. The number of hydrogen-bond acceptors (Lipinski definition) is 6. The first-order valence-electron chi connectivity index (χ1n) is 12.2. The number of fused-ring (bicyclic) bond motifs is 2. The Hall–Kier alpha value is -3.72. The Morgan fingerprint density at radius 2 is 1.92 bits per heavy atom. The highest BCUT2D eigenvalue weighted by molar-refractivity contribution is 6.07. The lowest BCUT2D eigenvalue weighted by molar-refractivity contribution is -0.123. The Morgan fingerprint density at radius 1 is 1.11 bits per heavy atom. The second kappa shape index (κ2) is 9.39. The number of unbranched alkanes of at least 4 members (excludes halogenated alkanes) is 1. The number of ether oxygens (including phenoxy) is 1. The van der Waals surface area contributed by atoms with E-state index in [2.05, 4.69) is 11.9 Å². The van der Waals surface area contributed by atoms with Gasteiger partial charge in [-0.05, 0) is 45.4 Å². The molecule has 4 heterocycles. The average Bonchev–Trinajstić information content (AvgIpc) is 3.31. The van der Waals surface area contributed by atoms with Crippen molar-refractivity contribution in [3.63, 3.8) is 0 Å². The maximum atomic E-state index is 14.4. The van der Waals surface area contributed by atoms with Crippen LogP contribution in [0, 0.1) is 12.7 Å². The van der Waals surface area contributed by atoms with E-state index in [0.29, 0.717) is 40.8 Å². The molecule has 0 N–H and O–H groups in total. The zero-order valence-electron chi connectivity index (χ0n) is 21.0. The first-order chi connectivity index (χ1) is 17.3. The number of pyridine rings is 1. The molecule has 1 amide bonds. The van der Waals surface area contributed by atoms with Gasteiger partial charge in [-0.25, -0.2) is 24.0 Å². The van der Waals surface area contributed by atoms with Gasteiger partial charge in [-0.15, -0.1) is 0 Å². The van der Waals surface area contributed by atoms with Crippen molar-refractivity contribution >= 4 is 22.8 Å². The van der Waals surface area contributed by atoms with Crippen molar-refractivity contribution < 1.29 is 13.9 Å². The van der Waals surface area contributed by atoms with Crippen LogP contribution < -0.4 is 4.90 Å². The summed E-state index contributed by atoms with van der Waals surface area (Å²) >= 11 is 0. The second-order valence-electron chi connectivity index (χ2n) is 9.55. The van der Waals surface area contributed by atoms with E-state index < -0.39 is 5.41 Å². The van der Waals surface area contributed by atoms with Gasteiger partial charge in [0.1, 0.15) is 24.1 Å². The Morgan fingerprint density at radius 3 is 2.69 bits per heavy atom. The molecule has 3 aromatic heterocycles. The minimum Gasteiger partial charge on any atom is -0.361 e. The molecule has 1 aliphatic rings. The predicted octanol–water partition coefficient (Wildman–Crippen LogP) is 4.78.